The predicted octanol–water partition coefficient (Wildman–Crippen LogP) is 2.52. The fourth-order valence-corrected chi connectivity index (χ4v) is 2.07. The summed E-state index contributed by atoms with van der Waals surface area (Å²) in [5, 5.41) is 8.50. The van der Waals surface area contributed by atoms with Crippen molar-refractivity contribution >= 4 is 5.97 Å². The van der Waals surface area contributed by atoms with Gasteiger partial charge in [0.25, 0.3) is 0 Å². The third kappa shape index (κ3) is 4.55. The molecule has 1 heterocycles. The molecule has 0 amide bonds. The van der Waals surface area contributed by atoms with Crippen molar-refractivity contribution in [1.29, 1.82) is 0 Å². The first kappa shape index (κ1) is 16.1. The summed E-state index contributed by atoms with van der Waals surface area (Å²) in [5.74, 6) is -6.41. The second-order valence-electron chi connectivity index (χ2n) is 4.57. The van der Waals surface area contributed by atoms with Gasteiger partial charge in [-0.05, 0) is 19.4 Å². The second-order valence-corrected chi connectivity index (χ2v) is 4.57. The van der Waals surface area contributed by atoms with Gasteiger partial charge in [0.2, 0.25) is 0 Å². The van der Waals surface area contributed by atoms with Crippen molar-refractivity contribution < 1.29 is 36.2 Å². The highest BCUT2D eigenvalue weighted by molar-refractivity contribution is 5.71. The lowest BCUT2D eigenvalue weighted by atomic mass is 9.96. The third-order valence-corrected chi connectivity index (χ3v) is 3.10. The van der Waals surface area contributed by atoms with E-state index >= 15 is 0 Å². The Morgan fingerprint density at radius 2 is 1.84 bits per heavy atom. The van der Waals surface area contributed by atoms with Crippen molar-refractivity contribution in [2.45, 2.75) is 25.2 Å². The van der Waals surface area contributed by atoms with Crippen LogP contribution in [-0.2, 0) is 4.79 Å². The summed E-state index contributed by atoms with van der Waals surface area (Å²) >= 11 is 0. The Morgan fingerprint density at radius 1 is 1.26 bits per heavy atom. The highest BCUT2D eigenvalue weighted by Gasteiger charge is 2.48. The minimum Gasteiger partial charge on any atom is -0.481 e. The van der Waals surface area contributed by atoms with Crippen molar-refractivity contribution in [3.63, 3.8) is 0 Å². The van der Waals surface area contributed by atoms with Crippen molar-refractivity contribution in [2.24, 2.45) is 11.8 Å². The quantitative estimate of drug-likeness (QED) is 0.813. The largest absolute Gasteiger partial charge is 0.481 e. The Bertz CT molecular complexity index is 327. The molecule has 1 saturated heterocycles. The number of nitrogens with zero attached hydrogens (tertiary/aromatic N) is 1. The van der Waals surface area contributed by atoms with Gasteiger partial charge in [0.15, 0.2) is 5.92 Å². The van der Waals surface area contributed by atoms with E-state index in [1.807, 2.05) is 0 Å². The van der Waals surface area contributed by atoms with Crippen LogP contribution in [0.2, 0.25) is 0 Å². The van der Waals surface area contributed by atoms with Crippen LogP contribution in [0.15, 0.2) is 0 Å². The van der Waals surface area contributed by atoms with E-state index in [-0.39, 0.29) is 19.4 Å². The van der Waals surface area contributed by atoms with Crippen LogP contribution in [0.25, 0.3) is 0 Å². The Balaban J connectivity index is 2.68. The third-order valence-electron chi connectivity index (χ3n) is 3.10. The van der Waals surface area contributed by atoms with Crippen LogP contribution < -0.4 is 0 Å². The van der Waals surface area contributed by atoms with Gasteiger partial charge in [0.05, 0.1) is 5.92 Å². The van der Waals surface area contributed by atoms with Gasteiger partial charge >= 0.3 is 18.3 Å². The minimum absolute atomic E-state index is 0.0481. The Labute approximate surface area is 105 Å². The number of carboxylic acid groups (broad SMARTS) is 1. The topological polar surface area (TPSA) is 40.5 Å². The van der Waals surface area contributed by atoms with E-state index in [9.17, 15) is 31.1 Å². The molecule has 1 fully saturated rings. The molecule has 0 aromatic carbocycles. The molecule has 3 nitrogen and oxygen atoms in total. The molecule has 0 bridgehead atoms. The summed E-state index contributed by atoms with van der Waals surface area (Å²) in [7, 11) is 0. The van der Waals surface area contributed by atoms with Crippen LogP contribution in [0.4, 0.5) is 26.3 Å². The van der Waals surface area contributed by atoms with E-state index in [1.54, 1.807) is 0 Å². The van der Waals surface area contributed by atoms with Crippen LogP contribution in [-0.4, -0.2) is 48.0 Å². The number of aliphatic carboxylic acids is 1. The first-order valence-electron chi connectivity index (χ1n) is 5.60. The Kier molecular flexibility index (Phi) is 4.70. The number of hydrogen-bond donors (Lipinski definition) is 1. The molecule has 0 radical (unpaired) electrons. The number of carboxylic acids is 1. The Hall–Kier alpha value is -0.990. The highest BCUT2D eigenvalue weighted by Crippen LogP contribution is 2.34. The molecule has 2 unspecified atom stereocenters. The first-order chi connectivity index (χ1) is 8.51. The summed E-state index contributed by atoms with van der Waals surface area (Å²) in [6.07, 6.45) is -9.45. The minimum atomic E-state index is -4.96. The van der Waals surface area contributed by atoms with Gasteiger partial charge in [-0.3, -0.25) is 4.79 Å². The van der Waals surface area contributed by atoms with E-state index in [0.717, 1.165) is 4.90 Å². The predicted molar refractivity (Wildman–Crippen MR) is 52.4 cm³/mol. The molecule has 9 heteroatoms. The zero-order valence-electron chi connectivity index (χ0n) is 9.76. The molecular formula is C10H13F6NO2. The van der Waals surface area contributed by atoms with Crippen LogP contribution in [0.1, 0.15) is 12.8 Å². The molecular weight excluding hydrogens is 280 g/mol. The number of hydrogen-bond acceptors (Lipinski definition) is 2. The number of piperidine rings is 1. The summed E-state index contributed by atoms with van der Waals surface area (Å²) in [4.78, 5) is 11.5. The lowest BCUT2D eigenvalue weighted by Gasteiger charge is -2.35. The lowest BCUT2D eigenvalue weighted by Crippen LogP contribution is -2.47. The smallest absolute Gasteiger partial charge is 0.403 e. The number of alkyl halides is 6. The monoisotopic (exact) mass is 293 g/mol. The molecule has 0 spiro atoms. The van der Waals surface area contributed by atoms with Gasteiger partial charge in [-0.1, -0.05) is 0 Å². The number of likely N-dealkylation sites (tertiary alicyclic amines) is 1. The van der Waals surface area contributed by atoms with Crippen molar-refractivity contribution in [2.75, 3.05) is 19.6 Å². The first-order valence-corrected chi connectivity index (χ1v) is 5.60. The molecule has 0 aromatic rings. The fraction of sp³-hybridized carbons (Fsp3) is 0.900. The van der Waals surface area contributed by atoms with Gasteiger partial charge < -0.3 is 10.0 Å². The molecule has 1 rings (SSSR count). The fourth-order valence-electron chi connectivity index (χ4n) is 2.07. The van der Waals surface area contributed by atoms with Gasteiger partial charge in [-0.2, -0.15) is 26.3 Å². The maximum Gasteiger partial charge on any atom is 0.403 e. The van der Waals surface area contributed by atoms with Gasteiger partial charge in [-0.15, -0.1) is 0 Å². The summed E-state index contributed by atoms with van der Waals surface area (Å²) in [6.45, 7) is -1.47. The van der Waals surface area contributed by atoms with Crippen molar-refractivity contribution in [3.8, 4) is 0 Å². The van der Waals surface area contributed by atoms with Crippen LogP contribution in [0.3, 0.4) is 0 Å². The lowest BCUT2D eigenvalue weighted by molar-refractivity contribution is -0.204. The van der Waals surface area contributed by atoms with E-state index in [2.05, 4.69) is 0 Å². The maximum absolute atomic E-state index is 12.5. The normalized spacial score (nSPS) is 24.2. The second kappa shape index (κ2) is 5.56. The van der Waals surface area contributed by atoms with E-state index < -0.39 is 43.2 Å². The summed E-state index contributed by atoms with van der Waals surface area (Å²) in [5.41, 5.74) is 0. The number of rotatable bonds is 3. The average molecular weight is 293 g/mol. The Morgan fingerprint density at radius 3 is 2.26 bits per heavy atom. The molecule has 112 valence electrons. The molecule has 1 aliphatic heterocycles. The zero-order valence-corrected chi connectivity index (χ0v) is 9.76. The van der Waals surface area contributed by atoms with Gasteiger partial charge in [0.1, 0.15) is 0 Å². The molecule has 0 aliphatic carbocycles. The van der Waals surface area contributed by atoms with E-state index in [1.165, 1.54) is 0 Å². The number of carbonyl (C=O) groups is 1. The molecule has 2 atom stereocenters. The van der Waals surface area contributed by atoms with Crippen LogP contribution >= 0.6 is 0 Å². The van der Waals surface area contributed by atoms with Crippen molar-refractivity contribution in [3.05, 3.63) is 0 Å². The van der Waals surface area contributed by atoms with E-state index in [4.69, 9.17) is 5.11 Å². The van der Waals surface area contributed by atoms with Crippen LogP contribution in [0, 0.1) is 11.8 Å². The molecule has 19 heavy (non-hydrogen) atoms. The standard InChI is InChI=1S/C10H13F6NO2/c11-9(12,13)6-2-1-3-17(4-6)5-7(8(18)19)10(14,15)16/h6-7H,1-5H2,(H,18,19). The van der Waals surface area contributed by atoms with Gasteiger partial charge in [0, 0.05) is 13.1 Å². The molecule has 0 aromatic heterocycles. The van der Waals surface area contributed by atoms with E-state index in [0.29, 0.717) is 0 Å². The molecule has 0 saturated carbocycles. The highest BCUT2D eigenvalue weighted by atomic mass is 19.4. The molecule has 1 N–H and O–H groups in total. The SMILES string of the molecule is O=C(O)C(CN1CCCC(C(F)(F)F)C1)C(F)(F)F. The average Bonchev–Trinajstić information content (AvgIpc) is 2.23. The van der Waals surface area contributed by atoms with Gasteiger partial charge in [-0.25, -0.2) is 0 Å². The summed E-state index contributed by atoms with van der Waals surface area (Å²) in [6, 6.07) is 0. The zero-order chi connectivity index (χ0) is 14.8. The maximum atomic E-state index is 12.5. The molecule has 1 aliphatic rings. The van der Waals surface area contributed by atoms with Crippen molar-refractivity contribution in [1.82, 2.24) is 4.90 Å². The summed E-state index contributed by atoms with van der Waals surface area (Å²) < 4.78 is 74.7. The number of halogens is 6. The van der Waals surface area contributed by atoms with Crippen LogP contribution in [0.5, 0.6) is 0 Å².